The van der Waals surface area contributed by atoms with E-state index in [1.165, 1.54) is 0 Å². The van der Waals surface area contributed by atoms with Crippen LogP contribution in [0.4, 0.5) is 17.6 Å². The van der Waals surface area contributed by atoms with Crippen molar-refractivity contribution < 1.29 is 27.5 Å². The van der Waals surface area contributed by atoms with Crippen LogP contribution in [-0.4, -0.2) is 17.1 Å². The first-order valence-corrected chi connectivity index (χ1v) is 9.08. The van der Waals surface area contributed by atoms with Gasteiger partial charge in [-0.3, -0.25) is 4.79 Å². The van der Waals surface area contributed by atoms with Gasteiger partial charge in [-0.05, 0) is 48.9 Å². The molecule has 2 aromatic rings. The van der Waals surface area contributed by atoms with Gasteiger partial charge in [0.15, 0.2) is 0 Å². The average molecular weight is 395 g/mol. The van der Waals surface area contributed by atoms with Gasteiger partial charge in [0, 0.05) is 6.04 Å². The van der Waals surface area contributed by atoms with E-state index in [4.69, 9.17) is 0 Å². The first kappa shape index (κ1) is 20.3. The fourth-order valence-corrected chi connectivity index (χ4v) is 3.54. The highest BCUT2D eigenvalue weighted by Gasteiger charge is 2.36. The monoisotopic (exact) mass is 395 g/mol. The summed E-state index contributed by atoms with van der Waals surface area (Å²) in [6.07, 6.45) is -4.73. The van der Waals surface area contributed by atoms with E-state index in [2.05, 4.69) is 5.32 Å². The summed E-state index contributed by atoms with van der Waals surface area (Å²) in [5.74, 6) is -0.880. The minimum Gasteiger partial charge on any atom is -0.385 e. The molecule has 2 N–H and O–H groups in total. The van der Waals surface area contributed by atoms with E-state index in [0.29, 0.717) is 25.7 Å². The number of halogens is 4. The van der Waals surface area contributed by atoms with Crippen LogP contribution >= 0.6 is 0 Å². The van der Waals surface area contributed by atoms with E-state index in [0.717, 1.165) is 29.8 Å². The van der Waals surface area contributed by atoms with Gasteiger partial charge in [-0.2, -0.15) is 13.2 Å². The van der Waals surface area contributed by atoms with Crippen LogP contribution in [0.15, 0.2) is 54.6 Å². The van der Waals surface area contributed by atoms with Crippen LogP contribution < -0.4 is 5.32 Å². The van der Waals surface area contributed by atoms with Gasteiger partial charge >= 0.3 is 6.18 Å². The number of rotatable bonds is 4. The number of hydrogen-bond acceptors (Lipinski definition) is 2. The molecule has 1 aliphatic carbocycles. The van der Waals surface area contributed by atoms with Crippen LogP contribution in [0, 0.1) is 0 Å². The molecule has 0 saturated heterocycles. The lowest BCUT2D eigenvalue weighted by Gasteiger charge is -2.36. The van der Waals surface area contributed by atoms with Gasteiger partial charge < -0.3 is 10.4 Å². The van der Waals surface area contributed by atoms with Crippen molar-refractivity contribution in [3.05, 3.63) is 71.3 Å². The van der Waals surface area contributed by atoms with Crippen LogP contribution in [0.2, 0.25) is 0 Å². The molecule has 2 aromatic carbocycles. The van der Waals surface area contributed by atoms with Crippen molar-refractivity contribution in [2.75, 3.05) is 0 Å². The molecule has 1 amide bonds. The topological polar surface area (TPSA) is 49.3 Å². The van der Waals surface area contributed by atoms with Crippen molar-refractivity contribution in [3.63, 3.8) is 0 Å². The molecule has 1 fully saturated rings. The maximum absolute atomic E-state index is 14.4. The highest BCUT2D eigenvalue weighted by molar-refractivity contribution is 5.82. The molecule has 0 aromatic heterocycles. The Morgan fingerprint density at radius 3 is 2.14 bits per heavy atom. The normalized spacial score (nSPS) is 23.8. The molecule has 150 valence electrons. The number of hydrogen-bond donors (Lipinski definition) is 2. The molecule has 0 heterocycles. The molecule has 1 aliphatic rings. The molecule has 0 spiro atoms. The third-order valence-electron chi connectivity index (χ3n) is 5.23. The molecule has 0 bridgehead atoms. The molecule has 0 radical (unpaired) electrons. The number of carbonyl (C=O) groups is 1. The lowest BCUT2D eigenvalue weighted by Crippen LogP contribution is -2.43. The quantitative estimate of drug-likeness (QED) is 0.740. The molecule has 1 unspecified atom stereocenters. The van der Waals surface area contributed by atoms with Crippen molar-refractivity contribution >= 4 is 5.91 Å². The highest BCUT2D eigenvalue weighted by atomic mass is 19.4. The Morgan fingerprint density at radius 2 is 1.61 bits per heavy atom. The lowest BCUT2D eigenvalue weighted by molar-refractivity contribution is -0.137. The molecule has 28 heavy (non-hydrogen) atoms. The van der Waals surface area contributed by atoms with Gasteiger partial charge in [0.05, 0.1) is 11.2 Å². The second kappa shape index (κ2) is 7.91. The predicted octanol–water partition coefficient (Wildman–Crippen LogP) is 4.66. The van der Waals surface area contributed by atoms with Crippen LogP contribution in [-0.2, 0) is 16.6 Å². The van der Waals surface area contributed by atoms with Gasteiger partial charge in [0.25, 0.3) is 5.91 Å². The highest BCUT2D eigenvalue weighted by Crippen LogP contribution is 2.37. The van der Waals surface area contributed by atoms with E-state index in [1.54, 1.807) is 0 Å². The SMILES string of the molecule is O=C(NC1CCC(O)(c2ccccc2)CC1)C(F)c1ccc(C(F)(F)F)cc1. The molecule has 3 rings (SSSR count). The molecular weight excluding hydrogens is 374 g/mol. The number of amides is 1. The van der Waals surface area contributed by atoms with Crippen molar-refractivity contribution in [2.45, 2.75) is 49.7 Å². The zero-order chi connectivity index (χ0) is 20.4. The minimum atomic E-state index is -4.51. The molecule has 7 heteroatoms. The van der Waals surface area contributed by atoms with Gasteiger partial charge in [-0.1, -0.05) is 42.5 Å². The van der Waals surface area contributed by atoms with Crippen LogP contribution in [0.1, 0.15) is 48.5 Å². The maximum atomic E-state index is 14.4. The number of benzene rings is 2. The first-order chi connectivity index (χ1) is 13.2. The Kier molecular flexibility index (Phi) is 5.74. The zero-order valence-corrected chi connectivity index (χ0v) is 15.0. The first-order valence-electron chi connectivity index (χ1n) is 9.08. The summed E-state index contributed by atoms with van der Waals surface area (Å²) in [7, 11) is 0. The summed E-state index contributed by atoms with van der Waals surface area (Å²) in [6.45, 7) is 0. The van der Waals surface area contributed by atoms with E-state index in [1.807, 2.05) is 30.3 Å². The van der Waals surface area contributed by atoms with Gasteiger partial charge in [-0.25, -0.2) is 4.39 Å². The summed E-state index contributed by atoms with van der Waals surface area (Å²) in [6, 6.07) is 12.4. The second-order valence-electron chi connectivity index (χ2n) is 7.16. The summed E-state index contributed by atoms with van der Waals surface area (Å²) >= 11 is 0. The lowest BCUT2D eigenvalue weighted by atomic mass is 9.77. The number of nitrogens with one attached hydrogen (secondary N) is 1. The van der Waals surface area contributed by atoms with E-state index >= 15 is 0 Å². The van der Waals surface area contributed by atoms with Gasteiger partial charge in [0.1, 0.15) is 0 Å². The number of aliphatic hydroxyl groups is 1. The van der Waals surface area contributed by atoms with Gasteiger partial charge in [-0.15, -0.1) is 0 Å². The summed E-state index contributed by atoms with van der Waals surface area (Å²) in [4.78, 5) is 12.2. The molecular formula is C21H21F4NO2. The summed E-state index contributed by atoms with van der Waals surface area (Å²) in [5.41, 5.74) is -1.17. The third-order valence-corrected chi connectivity index (χ3v) is 5.23. The molecule has 0 aliphatic heterocycles. The van der Waals surface area contributed by atoms with E-state index in [9.17, 15) is 27.5 Å². The minimum absolute atomic E-state index is 0.123. The average Bonchev–Trinajstić information content (AvgIpc) is 2.69. The predicted molar refractivity (Wildman–Crippen MR) is 96.0 cm³/mol. The molecule has 1 saturated carbocycles. The van der Waals surface area contributed by atoms with Crippen molar-refractivity contribution in [2.24, 2.45) is 0 Å². The number of carbonyl (C=O) groups excluding carboxylic acids is 1. The molecule has 3 nitrogen and oxygen atoms in total. The Labute approximate surface area is 160 Å². The zero-order valence-electron chi connectivity index (χ0n) is 15.0. The fraction of sp³-hybridized carbons (Fsp3) is 0.381. The van der Waals surface area contributed by atoms with Crippen molar-refractivity contribution in [1.82, 2.24) is 5.32 Å². The third kappa shape index (κ3) is 4.52. The van der Waals surface area contributed by atoms with Gasteiger partial charge in [0.2, 0.25) is 6.17 Å². The van der Waals surface area contributed by atoms with Crippen LogP contribution in [0.3, 0.4) is 0 Å². The smallest absolute Gasteiger partial charge is 0.385 e. The van der Waals surface area contributed by atoms with E-state index in [-0.39, 0.29) is 11.6 Å². The Balaban J connectivity index is 1.57. The fourth-order valence-electron chi connectivity index (χ4n) is 3.54. The largest absolute Gasteiger partial charge is 0.416 e. The maximum Gasteiger partial charge on any atom is 0.416 e. The Hall–Kier alpha value is -2.41. The van der Waals surface area contributed by atoms with Crippen molar-refractivity contribution in [3.8, 4) is 0 Å². The standard InChI is InChI=1S/C21H21F4NO2/c22-18(14-6-8-16(9-7-14)21(23,24)25)19(27)26-17-10-12-20(28,13-11-17)15-4-2-1-3-5-15/h1-9,17-18,28H,10-13H2,(H,26,27). The summed E-state index contributed by atoms with van der Waals surface area (Å²) in [5, 5.41) is 13.4. The Bertz CT molecular complexity index is 797. The van der Waals surface area contributed by atoms with Crippen LogP contribution in [0.25, 0.3) is 0 Å². The second-order valence-corrected chi connectivity index (χ2v) is 7.16. The van der Waals surface area contributed by atoms with E-state index < -0.39 is 29.4 Å². The molecule has 1 atom stereocenters. The van der Waals surface area contributed by atoms with Crippen molar-refractivity contribution in [1.29, 1.82) is 0 Å². The Morgan fingerprint density at radius 1 is 1.04 bits per heavy atom. The summed E-state index contributed by atoms with van der Waals surface area (Å²) < 4.78 is 52.1. The number of alkyl halides is 4. The van der Waals surface area contributed by atoms with Crippen LogP contribution in [0.5, 0.6) is 0 Å².